The highest BCUT2D eigenvalue weighted by atomic mass is 35.5. The van der Waals surface area contributed by atoms with E-state index in [1.165, 1.54) is 37.1 Å². The van der Waals surface area contributed by atoms with E-state index >= 15 is 0 Å². The highest BCUT2D eigenvalue weighted by Crippen LogP contribution is 2.30. The Kier molecular flexibility index (Phi) is 5.56. The monoisotopic (exact) mass is 308 g/mol. The summed E-state index contributed by atoms with van der Waals surface area (Å²) in [5, 5.41) is 4.43. The number of benzene rings is 1. The van der Waals surface area contributed by atoms with Crippen LogP contribution < -0.4 is 10.2 Å². The number of anilines is 1. The summed E-state index contributed by atoms with van der Waals surface area (Å²) in [6.07, 6.45) is 3.92. The fourth-order valence-electron chi connectivity index (χ4n) is 2.96. The summed E-state index contributed by atoms with van der Waals surface area (Å²) in [7, 11) is 0. The second-order valence-corrected chi connectivity index (χ2v) is 7.68. The van der Waals surface area contributed by atoms with Crippen molar-refractivity contribution in [3.63, 3.8) is 0 Å². The lowest BCUT2D eigenvalue weighted by atomic mass is 9.94. The van der Waals surface area contributed by atoms with Crippen LogP contribution in [0.3, 0.4) is 0 Å². The lowest BCUT2D eigenvalue weighted by molar-refractivity contribution is 0.401. The van der Waals surface area contributed by atoms with Gasteiger partial charge in [-0.2, -0.15) is 0 Å². The molecule has 0 bridgehead atoms. The van der Waals surface area contributed by atoms with Gasteiger partial charge in [-0.3, -0.25) is 0 Å². The van der Waals surface area contributed by atoms with Gasteiger partial charge in [-0.25, -0.2) is 0 Å². The molecule has 1 heterocycles. The Morgan fingerprint density at radius 3 is 2.76 bits per heavy atom. The molecular formula is C18H29ClN2. The first-order valence-electron chi connectivity index (χ1n) is 8.17. The summed E-state index contributed by atoms with van der Waals surface area (Å²) in [5.74, 6) is 0.821. The van der Waals surface area contributed by atoms with E-state index in [0.717, 1.165) is 24.0 Å². The Bertz CT molecular complexity index is 465. The average Bonchev–Trinajstić information content (AvgIpc) is 2.45. The fourth-order valence-corrected chi connectivity index (χ4v) is 3.12. The molecule has 1 N–H and O–H groups in total. The molecule has 1 aliphatic rings. The number of hydrogen-bond acceptors (Lipinski definition) is 2. The van der Waals surface area contributed by atoms with Gasteiger partial charge < -0.3 is 10.2 Å². The third kappa shape index (κ3) is 4.89. The van der Waals surface area contributed by atoms with Crippen molar-refractivity contribution in [2.24, 2.45) is 5.92 Å². The third-order valence-corrected chi connectivity index (χ3v) is 4.53. The van der Waals surface area contributed by atoms with Crippen LogP contribution in [-0.2, 0) is 6.54 Å². The quantitative estimate of drug-likeness (QED) is 0.855. The number of hydrogen-bond donors (Lipinski definition) is 1. The molecule has 0 aliphatic carbocycles. The van der Waals surface area contributed by atoms with Crippen molar-refractivity contribution in [2.45, 2.75) is 59.0 Å². The van der Waals surface area contributed by atoms with Gasteiger partial charge in [0.1, 0.15) is 0 Å². The van der Waals surface area contributed by atoms with E-state index in [2.05, 4.69) is 50.0 Å². The van der Waals surface area contributed by atoms with Crippen molar-refractivity contribution in [3.8, 4) is 0 Å². The van der Waals surface area contributed by atoms with E-state index < -0.39 is 0 Å². The molecule has 1 aromatic rings. The molecule has 1 aromatic carbocycles. The number of halogens is 1. The Morgan fingerprint density at radius 1 is 1.33 bits per heavy atom. The lowest BCUT2D eigenvalue weighted by Gasteiger charge is -2.35. The second kappa shape index (κ2) is 7.02. The average molecular weight is 309 g/mol. The van der Waals surface area contributed by atoms with Crippen molar-refractivity contribution < 1.29 is 0 Å². The summed E-state index contributed by atoms with van der Waals surface area (Å²) in [6.45, 7) is 12.1. The van der Waals surface area contributed by atoms with Crippen LogP contribution in [0.5, 0.6) is 0 Å². The van der Waals surface area contributed by atoms with Gasteiger partial charge >= 0.3 is 0 Å². The first-order valence-corrected chi connectivity index (χ1v) is 8.55. The highest BCUT2D eigenvalue weighted by Gasteiger charge is 2.21. The predicted octanol–water partition coefficient (Wildman–Crippen LogP) is 4.85. The van der Waals surface area contributed by atoms with Gasteiger partial charge in [-0.15, -0.1) is 0 Å². The first-order chi connectivity index (χ1) is 9.89. The summed E-state index contributed by atoms with van der Waals surface area (Å²) >= 11 is 6.25. The van der Waals surface area contributed by atoms with Crippen molar-refractivity contribution in [2.75, 3.05) is 18.0 Å². The molecule has 0 spiro atoms. The number of nitrogens with zero attached hydrogens (tertiary/aromatic N) is 1. The molecule has 118 valence electrons. The van der Waals surface area contributed by atoms with Gasteiger partial charge in [0.15, 0.2) is 0 Å². The van der Waals surface area contributed by atoms with Gasteiger partial charge in [0.2, 0.25) is 0 Å². The van der Waals surface area contributed by atoms with Crippen LogP contribution in [0, 0.1) is 5.92 Å². The van der Waals surface area contributed by atoms with E-state index in [0.29, 0.717) is 0 Å². The summed E-state index contributed by atoms with van der Waals surface area (Å²) < 4.78 is 0. The molecule has 1 unspecified atom stereocenters. The fraction of sp³-hybridized carbons (Fsp3) is 0.667. The van der Waals surface area contributed by atoms with E-state index in [1.807, 2.05) is 6.07 Å². The van der Waals surface area contributed by atoms with Crippen LogP contribution in [0.4, 0.5) is 5.69 Å². The van der Waals surface area contributed by atoms with Crippen LogP contribution in [0.15, 0.2) is 18.2 Å². The van der Waals surface area contributed by atoms with E-state index in [9.17, 15) is 0 Å². The van der Waals surface area contributed by atoms with Crippen LogP contribution in [-0.4, -0.2) is 18.6 Å². The molecule has 0 amide bonds. The molecule has 0 saturated carbocycles. The van der Waals surface area contributed by atoms with Crippen molar-refractivity contribution in [1.82, 2.24) is 5.32 Å². The van der Waals surface area contributed by atoms with Gasteiger partial charge in [-0.1, -0.05) is 31.0 Å². The SMILES string of the molecule is CCC1CCCN(c2cc(Cl)ccc2CNC(C)(C)C)C1. The molecule has 1 atom stereocenters. The maximum absolute atomic E-state index is 6.25. The van der Waals surface area contributed by atoms with Crippen molar-refractivity contribution >= 4 is 17.3 Å². The molecule has 1 aliphatic heterocycles. The summed E-state index contributed by atoms with van der Waals surface area (Å²) in [6, 6.07) is 6.32. The predicted molar refractivity (Wildman–Crippen MR) is 93.3 cm³/mol. The Balaban J connectivity index is 2.18. The number of nitrogens with one attached hydrogen (secondary N) is 1. The van der Waals surface area contributed by atoms with Crippen LogP contribution in [0.25, 0.3) is 0 Å². The van der Waals surface area contributed by atoms with Gasteiger partial charge in [-0.05, 0) is 57.2 Å². The molecule has 3 heteroatoms. The largest absolute Gasteiger partial charge is 0.371 e. The van der Waals surface area contributed by atoms with Gasteiger partial charge in [0, 0.05) is 35.9 Å². The van der Waals surface area contributed by atoms with E-state index in [1.54, 1.807) is 0 Å². The first kappa shape index (κ1) is 16.6. The normalized spacial score (nSPS) is 19.9. The third-order valence-electron chi connectivity index (χ3n) is 4.29. The minimum atomic E-state index is 0.130. The van der Waals surface area contributed by atoms with Gasteiger partial charge in [0.25, 0.3) is 0 Å². The standard InChI is InChI=1S/C18H29ClN2/c1-5-14-7-6-10-21(13-14)17-11-16(19)9-8-15(17)12-20-18(2,3)4/h8-9,11,14,20H,5-7,10,12-13H2,1-4H3. The molecule has 0 radical (unpaired) electrons. The molecular weight excluding hydrogens is 280 g/mol. The molecule has 21 heavy (non-hydrogen) atoms. The van der Waals surface area contributed by atoms with Crippen LogP contribution >= 0.6 is 11.6 Å². The molecule has 0 aromatic heterocycles. The van der Waals surface area contributed by atoms with Crippen molar-refractivity contribution in [1.29, 1.82) is 0 Å². The Hall–Kier alpha value is -0.730. The smallest absolute Gasteiger partial charge is 0.0426 e. The summed E-state index contributed by atoms with van der Waals surface area (Å²) in [4.78, 5) is 2.53. The van der Waals surface area contributed by atoms with Crippen molar-refractivity contribution in [3.05, 3.63) is 28.8 Å². The van der Waals surface area contributed by atoms with Gasteiger partial charge in [0.05, 0.1) is 0 Å². The van der Waals surface area contributed by atoms with E-state index in [-0.39, 0.29) is 5.54 Å². The lowest BCUT2D eigenvalue weighted by Crippen LogP contribution is -2.38. The zero-order valence-corrected chi connectivity index (χ0v) is 14.6. The maximum atomic E-state index is 6.25. The number of piperidine rings is 1. The molecule has 1 saturated heterocycles. The van der Waals surface area contributed by atoms with Crippen LogP contribution in [0.2, 0.25) is 5.02 Å². The second-order valence-electron chi connectivity index (χ2n) is 7.24. The Labute approximate surface area is 134 Å². The maximum Gasteiger partial charge on any atom is 0.0426 e. The molecule has 1 fully saturated rings. The molecule has 2 rings (SSSR count). The summed E-state index contributed by atoms with van der Waals surface area (Å²) in [5.41, 5.74) is 2.80. The molecule has 2 nitrogen and oxygen atoms in total. The van der Waals surface area contributed by atoms with Crippen LogP contribution in [0.1, 0.15) is 52.5 Å². The topological polar surface area (TPSA) is 15.3 Å². The Morgan fingerprint density at radius 2 is 2.10 bits per heavy atom. The zero-order chi connectivity index (χ0) is 15.5. The zero-order valence-electron chi connectivity index (χ0n) is 13.9. The number of rotatable bonds is 4. The highest BCUT2D eigenvalue weighted by molar-refractivity contribution is 6.30. The van der Waals surface area contributed by atoms with E-state index in [4.69, 9.17) is 11.6 Å². The minimum absolute atomic E-state index is 0.130. The minimum Gasteiger partial charge on any atom is -0.371 e.